The molecular formula is C25H29N3O4. The molecule has 0 saturated carbocycles. The van der Waals surface area contributed by atoms with Gasteiger partial charge in [-0.15, -0.1) is 0 Å². The molecule has 2 aromatic carbocycles. The van der Waals surface area contributed by atoms with E-state index in [-0.39, 0.29) is 12.1 Å². The van der Waals surface area contributed by atoms with E-state index in [2.05, 4.69) is 12.0 Å². The number of carbonyl (C=O) groups is 2. The molecule has 0 aliphatic carbocycles. The third kappa shape index (κ3) is 5.42. The van der Waals surface area contributed by atoms with Crippen molar-refractivity contribution in [1.29, 1.82) is 0 Å². The molecule has 168 valence electrons. The highest BCUT2D eigenvalue weighted by atomic mass is 16.5. The Balaban J connectivity index is 1.94. The number of nitrogens with zero attached hydrogens (tertiary/aromatic N) is 2. The van der Waals surface area contributed by atoms with Crippen LogP contribution < -0.4 is 5.73 Å². The second-order valence-corrected chi connectivity index (χ2v) is 7.76. The number of amides is 1. The molecule has 0 unspecified atom stereocenters. The highest BCUT2D eigenvalue weighted by molar-refractivity contribution is 5.96. The van der Waals surface area contributed by atoms with Gasteiger partial charge in [-0.2, -0.15) is 5.10 Å². The van der Waals surface area contributed by atoms with Gasteiger partial charge in [0.25, 0.3) is 0 Å². The zero-order valence-electron chi connectivity index (χ0n) is 18.5. The van der Waals surface area contributed by atoms with Crippen molar-refractivity contribution in [2.24, 2.45) is 5.73 Å². The van der Waals surface area contributed by atoms with Crippen LogP contribution in [0, 0.1) is 0 Å². The Morgan fingerprint density at radius 3 is 2.47 bits per heavy atom. The number of carboxylic acid groups (broad SMARTS) is 1. The molecule has 0 saturated heterocycles. The summed E-state index contributed by atoms with van der Waals surface area (Å²) in [4.78, 5) is 23.1. The number of aromatic nitrogens is 2. The minimum absolute atomic E-state index is 0.0166. The second kappa shape index (κ2) is 10.7. The SMILES string of the molecule is CCCCc1nn(CC(N)=O)c(COC)c1Cc1ccc(-c2ccccc2C(=O)O)cc1. The monoisotopic (exact) mass is 435 g/mol. The Morgan fingerprint density at radius 2 is 1.84 bits per heavy atom. The molecule has 0 atom stereocenters. The lowest BCUT2D eigenvalue weighted by Gasteiger charge is -2.10. The van der Waals surface area contributed by atoms with E-state index in [1.807, 2.05) is 36.4 Å². The zero-order valence-corrected chi connectivity index (χ0v) is 18.5. The number of primary amides is 1. The Hall–Kier alpha value is -3.45. The van der Waals surface area contributed by atoms with Crippen LogP contribution in [0.2, 0.25) is 0 Å². The molecule has 0 bridgehead atoms. The first-order chi connectivity index (χ1) is 15.4. The summed E-state index contributed by atoms with van der Waals surface area (Å²) < 4.78 is 7.05. The molecule has 3 N–H and O–H groups in total. The van der Waals surface area contributed by atoms with Gasteiger partial charge in [-0.05, 0) is 35.6 Å². The molecule has 7 nitrogen and oxygen atoms in total. The number of ether oxygens (including phenoxy) is 1. The van der Waals surface area contributed by atoms with Crippen LogP contribution in [0.25, 0.3) is 11.1 Å². The van der Waals surface area contributed by atoms with E-state index in [1.54, 1.807) is 23.9 Å². The van der Waals surface area contributed by atoms with E-state index in [1.165, 1.54) is 0 Å². The fourth-order valence-electron chi connectivity index (χ4n) is 3.84. The topological polar surface area (TPSA) is 107 Å². The first-order valence-corrected chi connectivity index (χ1v) is 10.7. The van der Waals surface area contributed by atoms with Crippen molar-refractivity contribution in [3.05, 3.63) is 76.6 Å². The third-order valence-electron chi connectivity index (χ3n) is 5.41. The summed E-state index contributed by atoms with van der Waals surface area (Å²) in [5.41, 5.74) is 11.2. The average Bonchev–Trinajstić information content (AvgIpc) is 3.08. The maximum absolute atomic E-state index is 11.6. The molecule has 0 aliphatic rings. The highest BCUT2D eigenvalue weighted by Crippen LogP contribution is 2.26. The average molecular weight is 436 g/mol. The van der Waals surface area contributed by atoms with Crippen LogP contribution in [0.4, 0.5) is 0 Å². The van der Waals surface area contributed by atoms with E-state index in [0.717, 1.165) is 47.3 Å². The lowest BCUT2D eigenvalue weighted by molar-refractivity contribution is -0.118. The number of aromatic carboxylic acids is 1. The first kappa shape index (κ1) is 23.2. The fourth-order valence-corrected chi connectivity index (χ4v) is 3.84. The lowest BCUT2D eigenvalue weighted by Crippen LogP contribution is -2.21. The number of unbranched alkanes of at least 4 members (excludes halogenated alkanes) is 1. The molecule has 1 aromatic heterocycles. The van der Waals surface area contributed by atoms with Gasteiger partial charge in [-0.3, -0.25) is 9.48 Å². The number of hydrogen-bond donors (Lipinski definition) is 2. The minimum Gasteiger partial charge on any atom is -0.478 e. The molecule has 0 radical (unpaired) electrons. The Morgan fingerprint density at radius 1 is 1.12 bits per heavy atom. The van der Waals surface area contributed by atoms with E-state index in [4.69, 9.17) is 10.5 Å². The number of nitrogens with two attached hydrogens (primary N) is 1. The molecule has 0 aliphatic heterocycles. The first-order valence-electron chi connectivity index (χ1n) is 10.7. The third-order valence-corrected chi connectivity index (χ3v) is 5.41. The van der Waals surface area contributed by atoms with Gasteiger partial charge in [0.1, 0.15) is 6.54 Å². The summed E-state index contributed by atoms with van der Waals surface area (Å²) >= 11 is 0. The number of rotatable bonds is 11. The molecule has 7 heteroatoms. The van der Waals surface area contributed by atoms with E-state index in [9.17, 15) is 14.7 Å². The molecule has 3 rings (SSSR count). The maximum atomic E-state index is 11.6. The summed E-state index contributed by atoms with van der Waals surface area (Å²) in [6.45, 7) is 2.48. The van der Waals surface area contributed by atoms with Crippen molar-refractivity contribution in [2.45, 2.75) is 45.8 Å². The number of aryl methyl sites for hydroxylation is 1. The highest BCUT2D eigenvalue weighted by Gasteiger charge is 2.19. The van der Waals surface area contributed by atoms with Crippen LogP contribution in [0.5, 0.6) is 0 Å². The summed E-state index contributed by atoms with van der Waals surface area (Å²) in [6, 6.07) is 14.8. The largest absolute Gasteiger partial charge is 0.478 e. The van der Waals surface area contributed by atoms with Crippen LogP contribution in [-0.2, 0) is 35.5 Å². The Kier molecular flexibility index (Phi) is 7.78. The van der Waals surface area contributed by atoms with E-state index >= 15 is 0 Å². The predicted octanol–water partition coefficient (Wildman–Crippen LogP) is 3.81. The van der Waals surface area contributed by atoms with E-state index in [0.29, 0.717) is 18.6 Å². The fraction of sp³-hybridized carbons (Fsp3) is 0.320. The van der Waals surface area contributed by atoms with Crippen molar-refractivity contribution in [3.8, 4) is 11.1 Å². The Labute approximate surface area is 187 Å². The summed E-state index contributed by atoms with van der Waals surface area (Å²) in [6.07, 6.45) is 3.49. The van der Waals surface area contributed by atoms with Crippen molar-refractivity contribution in [3.63, 3.8) is 0 Å². The number of carboxylic acids is 1. The van der Waals surface area contributed by atoms with Crippen molar-refractivity contribution < 1.29 is 19.4 Å². The van der Waals surface area contributed by atoms with E-state index < -0.39 is 11.9 Å². The number of methoxy groups -OCH3 is 1. The quantitative estimate of drug-likeness (QED) is 0.476. The predicted molar refractivity (Wildman–Crippen MR) is 122 cm³/mol. The molecule has 0 fully saturated rings. The molecule has 0 spiro atoms. The standard InChI is InChI=1S/C25H29N3O4/c1-3-4-9-22-21(23(16-32-2)28(27-22)15-24(26)29)14-17-10-12-18(13-11-17)19-7-5-6-8-20(19)25(30)31/h5-8,10-13H,3-4,9,14-16H2,1-2H3,(H2,26,29)(H,30,31). The summed E-state index contributed by atoms with van der Waals surface area (Å²) in [7, 11) is 1.62. The minimum atomic E-state index is -0.948. The molecular weight excluding hydrogens is 406 g/mol. The molecule has 1 amide bonds. The summed E-state index contributed by atoms with van der Waals surface area (Å²) in [5, 5.41) is 14.1. The van der Waals surface area contributed by atoms with Crippen molar-refractivity contribution in [2.75, 3.05) is 7.11 Å². The molecule has 32 heavy (non-hydrogen) atoms. The van der Waals surface area contributed by atoms with Gasteiger partial charge in [0, 0.05) is 19.1 Å². The van der Waals surface area contributed by atoms with Gasteiger partial charge in [0.05, 0.1) is 23.6 Å². The van der Waals surface area contributed by atoms with Gasteiger partial charge in [-0.1, -0.05) is 55.8 Å². The van der Waals surface area contributed by atoms with Crippen LogP contribution in [0.15, 0.2) is 48.5 Å². The maximum Gasteiger partial charge on any atom is 0.336 e. The van der Waals surface area contributed by atoms with Crippen molar-refractivity contribution in [1.82, 2.24) is 9.78 Å². The van der Waals surface area contributed by atoms with Crippen LogP contribution in [0.1, 0.15) is 52.6 Å². The van der Waals surface area contributed by atoms with Gasteiger partial charge in [0.2, 0.25) is 5.91 Å². The number of carbonyl (C=O) groups excluding carboxylic acids is 1. The normalized spacial score (nSPS) is 10.9. The lowest BCUT2D eigenvalue weighted by atomic mass is 9.96. The van der Waals surface area contributed by atoms with Gasteiger partial charge in [0.15, 0.2) is 0 Å². The van der Waals surface area contributed by atoms with Crippen LogP contribution >= 0.6 is 0 Å². The number of benzene rings is 2. The van der Waals surface area contributed by atoms with Gasteiger partial charge >= 0.3 is 5.97 Å². The smallest absolute Gasteiger partial charge is 0.336 e. The molecule has 1 heterocycles. The number of hydrogen-bond acceptors (Lipinski definition) is 4. The van der Waals surface area contributed by atoms with Gasteiger partial charge < -0.3 is 15.6 Å². The van der Waals surface area contributed by atoms with Crippen LogP contribution in [-0.4, -0.2) is 33.9 Å². The van der Waals surface area contributed by atoms with Crippen molar-refractivity contribution >= 4 is 11.9 Å². The summed E-state index contributed by atoms with van der Waals surface area (Å²) in [5.74, 6) is -1.39. The Bertz CT molecular complexity index is 1090. The van der Waals surface area contributed by atoms with Gasteiger partial charge in [-0.25, -0.2) is 4.79 Å². The second-order valence-electron chi connectivity index (χ2n) is 7.76. The molecule has 3 aromatic rings. The van der Waals surface area contributed by atoms with Crippen LogP contribution in [0.3, 0.4) is 0 Å². The zero-order chi connectivity index (χ0) is 23.1.